The fourth-order valence-electron chi connectivity index (χ4n) is 5.20. The van der Waals surface area contributed by atoms with E-state index in [0.717, 1.165) is 56.4 Å². The number of aromatic nitrogens is 6. The minimum atomic E-state index is 0.755. The predicted molar refractivity (Wildman–Crippen MR) is 239 cm³/mol. The second kappa shape index (κ2) is 26.4. The van der Waals surface area contributed by atoms with Crippen LogP contribution in [0.15, 0.2) is 121 Å². The van der Waals surface area contributed by atoms with E-state index < -0.39 is 0 Å². The van der Waals surface area contributed by atoms with Crippen molar-refractivity contribution in [3.05, 3.63) is 133 Å². The van der Waals surface area contributed by atoms with E-state index >= 15 is 0 Å². The van der Waals surface area contributed by atoms with Crippen LogP contribution in [0.5, 0.6) is 0 Å². The van der Waals surface area contributed by atoms with Crippen molar-refractivity contribution >= 4 is 33.6 Å². The summed E-state index contributed by atoms with van der Waals surface area (Å²) >= 11 is 0. The van der Waals surface area contributed by atoms with E-state index in [9.17, 15) is 0 Å². The lowest BCUT2D eigenvalue weighted by molar-refractivity contribution is 1.09. The summed E-state index contributed by atoms with van der Waals surface area (Å²) in [4.78, 5) is 18.3. The van der Waals surface area contributed by atoms with Crippen molar-refractivity contribution in [1.82, 2.24) is 28.7 Å². The van der Waals surface area contributed by atoms with E-state index in [4.69, 9.17) is 0 Å². The standard InChI is InChI=1S/2C17H13N3.2C3H8.4C2H6/c2*1-12-11-16(13-7-3-2-4-8-13)20-15-10-6-5-9-14(15)19-17(20)18-12;2*1-3-2;4*1-2/h2*2-11H,1H3;2*3H2,1-2H3;4*1-2H3. The molecule has 54 heavy (non-hydrogen) atoms. The number of hydrogen-bond donors (Lipinski definition) is 0. The fraction of sp³-hybridized carbons (Fsp3) is 0.333. The van der Waals surface area contributed by atoms with E-state index in [1.54, 1.807) is 0 Å². The van der Waals surface area contributed by atoms with Gasteiger partial charge in [-0.2, -0.15) is 0 Å². The lowest BCUT2D eigenvalue weighted by Crippen LogP contribution is -1.96. The third-order valence-electron chi connectivity index (χ3n) is 6.95. The number of para-hydroxylation sites is 4. The molecule has 4 heterocycles. The highest BCUT2D eigenvalue weighted by Crippen LogP contribution is 2.27. The van der Waals surface area contributed by atoms with Crippen LogP contribution in [-0.2, 0) is 0 Å². The molecule has 0 aliphatic carbocycles. The highest BCUT2D eigenvalue weighted by atomic mass is 15.1. The maximum atomic E-state index is 4.61. The lowest BCUT2D eigenvalue weighted by Gasteiger charge is -2.07. The second-order valence-electron chi connectivity index (χ2n) is 11.2. The van der Waals surface area contributed by atoms with Crippen molar-refractivity contribution in [1.29, 1.82) is 0 Å². The summed E-state index contributed by atoms with van der Waals surface area (Å²) in [7, 11) is 0. The van der Waals surface area contributed by atoms with E-state index in [-0.39, 0.29) is 0 Å². The van der Waals surface area contributed by atoms with Crippen molar-refractivity contribution in [2.45, 2.75) is 110 Å². The quantitative estimate of drug-likeness (QED) is 0.178. The van der Waals surface area contributed by atoms with E-state index in [2.05, 4.69) is 129 Å². The van der Waals surface area contributed by atoms with Gasteiger partial charge in [0.15, 0.2) is 0 Å². The van der Waals surface area contributed by atoms with Gasteiger partial charge in [-0.25, -0.2) is 19.9 Å². The minimum Gasteiger partial charge on any atom is -0.276 e. The summed E-state index contributed by atoms with van der Waals surface area (Å²) < 4.78 is 4.25. The first-order valence-corrected chi connectivity index (χ1v) is 20.1. The first-order valence-electron chi connectivity index (χ1n) is 20.1. The molecule has 0 bridgehead atoms. The van der Waals surface area contributed by atoms with Gasteiger partial charge in [0, 0.05) is 11.4 Å². The normalized spacial score (nSPS) is 9.44. The highest BCUT2D eigenvalue weighted by Gasteiger charge is 2.12. The molecular weight excluding hydrogens is 661 g/mol. The number of fused-ring (bicyclic) bond motifs is 6. The van der Waals surface area contributed by atoms with Gasteiger partial charge in [0.2, 0.25) is 11.6 Å². The number of benzene rings is 4. The maximum Gasteiger partial charge on any atom is 0.235 e. The summed E-state index contributed by atoms with van der Waals surface area (Å²) in [5, 5.41) is 0. The van der Waals surface area contributed by atoms with Crippen LogP contribution in [0.1, 0.15) is 107 Å². The first kappa shape index (κ1) is 46.7. The SMILES string of the molecule is CC.CC.CC.CC.CCC.CCC.Cc1cc(-c2ccccc2)n2c(n1)nc1ccccc12.Cc1cc(-c2ccccc2)n2c(n1)nc1ccccc12. The molecule has 0 aliphatic rings. The molecule has 0 N–H and O–H groups in total. The molecule has 8 aromatic rings. The highest BCUT2D eigenvalue weighted by molar-refractivity contribution is 5.83. The molecule has 4 aromatic carbocycles. The average Bonchev–Trinajstić information content (AvgIpc) is 3.80. The number of rotatable bonds is 2. The first-order chi connectivity index (χ1) is 26.5. The maximum absolute atomic E-state index is 4.61. The largest absolute Gasteiger partial charge is 0.276 e. The van der Waals surface area contributed by atoms with Crippen LogP contribution in [-0.4, -0.2) is 28.7 Å². The molecule has 6 heteroatoms. The number of hydrogen-bond acceptors (Lipinski definition) is 4. The minimum absolute atomic E-state index is 0.755. The number of aryl methyl sites for hydroxylation is 2. The molecule has 288 valence electrons. The van der Waals surface area contributed by atoms with Crippen molar-refractivity contribution in [3.8, 4) is 22.5 Å². The molecule has 6 nitrogen and oxygen atoms in total. The van der Waals surface area contributed by atoms with Crippen LogP contribution >= 0.6 is 0 Å². The molecule has 0 unspecified atom stereocenters. The molecule has 8 rings (SSSR count). The topological polar surface area (TPSA) is 60.4 Å². The van der Waals surface area contributed by atoms with Crippen LogP contribution in [0.3, 0.4) is 0 Å². The second-order valence-corrected chi connectivity index (χ2v) is 11.2. The summed E-state index contributed by atoms with van der Waals surface area (Å²) in [5.74, 6) is 1.51. The molecular formula is C48H66N6. The Morgan fingerprint density at radius 2 is 0.667 bits per heavy atom. The zero-order valence-electron chi connectivity index (χ0n) is 35.6. The van der Waals surface area contributed by atoms with Crippen molar-refractivity contribution in [2.75, 3.05) is 0 Å². The molecule has 0 saturated heterocycles. The molecule has 0 saturated carbocycles. The van der Waals surface area contributed by atoms with Gasteiger partial charge in [-0.05, 0) is 61.4 Å². The van der Waals surface area contributed by atoms with Gasteiger partial charge in [0.05, 0.1) is 33.5 Å². The van der Waals surface area contributed by atoms with Crippen LogP contribution in [0.2, 0.25) is 0 Å². The van der Waals surface area contributed by atoms with Crippen LogP contribution < -0.4 is 0 Å². The van der Waals surface area contributed by atoms with Gasteiger partial charge in [0.1, 0.15) is 0 Å². The van der Waals surface area contributed by atoms with Gasteiger partial charge in [0.25, 0.3) is 0 Å². The number of imidazole rings is 2. The molecule has 0 spiro atoms. The van der Waals surface area contributed by atoms with Crippen LogP contribution in [0.4, 0.5) is 0 Å². The van der Waals surface area contributed by atoms with Gasteiger partial charge < -0.3 is 0 Å². The fourth-order valence-corrected chi connectivity index (χ4v) is 5.20. The van der Waals surface area contributed by atoms with E-state index in [1.165, 1.54) is 24.0 Å². The van der Waals surface area contributed by atoms with Gasteiger partial charge in [-0.3, -0.25) is 8.80 Å². The molecule has 0 atom stereocenters. The Kier molecular flexibility index (Phi) is 22.8. The predicted octanol–water partition coefficient (Wildman–Crippen LogP) is 14.7. The molecule has 0 fully saturated rings. The number of nitrogens with zero attached hydrogens (tertiary/aromatic N) is 6. The lowest BCUT2D eigenvalue weighted by atomic mass is 10.1. The molecule has 0 amide bonds. The zero-order valence-corrected chi connectivity index (χ0v) is 35.6. The van der Waals surface area contributed by atoms with Crippen molar-refractivity contribution < 1.29 is 0 Å². The summed E-state index contributed by atoms with van der Waals surface area (Å²) in [6.07, 6.45) is 2.50. The van der Waals surface area contributed by atoms with E-state index in [0.29, 0.717) is 0 Å². The third kappa shape index (κ3) is 12.4. The van der Waals surface area contributed by atoms with Crippen LogP contribution in [0, 0.1) is 13.8 Å². The molecule has 4 aromatic heterocycles. The third-order valence-corrected chi connectivity index (χ3v) is 6.95. The Morgan fingerprint density at radius 1 is 0.389 bits per heavy atom. The average molecular weight is 727 g/mol. The van der Waals surface area contributed by atoms with Crippen molar-refractivity contribution in [2.24, 2.45) is 0 Å². The van der Waals surface area contributed by atoms with Gasteiger partial charge in [-0.1, -0.05) is 181 Å². The Morgan fingerprint density at radius 3 is 0.981 bits per heavy atom. The smallest absolute Gasteiger partial charge is 0.235 e. The summed E-state index contributed by atoms with van der Waals surface area (Å²) in [6, 6.07) is 41.2. The Hall–Kier alpha value is -5.36. The summed E-state index contributed by atoms with van der Waals surface area (Å²) in [5.41, 5.74) is 10.7. The summed E-state index contributed by atoms with van der Waals surface area (Å²) in [6.45, 7) is 28.5. The van der Waals surface area contributed by atoms with E-state index in [1.807, 2.05) is 118 Å². The Labute approximate surface area is 326 Å². The van der Waals surface area contributed by atoms with Gasteiger partial charge >= 0.3 is 0 Å². The van der Waals surface area contributed by atoms with Crippen LogP contribution in [0.25, 0.3) is 56.1 Å². The zero-order chi connectivity index (χ0) is 40.5. The van der Waals surface area contributed by atoms with Crippen molar-refractivity contribution in [3.63, 3.8) is 0 Å². The Balaban J connectivity index is 0.000000407. The molecule has 0 radical (unpaired) electrons. The van der Waals surface area contributed by atoms with Gasteiger partial charge in [-0.15, -0.1) is 0 Å². The molecule has 0 aliphatic heterocycles. The monoisotopic (exact) mass is 727 g/mol. The Bertz CT molecular complexity index is 2010.